The Kier molecular flexibility index (Phi) is 10.6. The number of imidazole rings is 1. The minimum Gasteiger partial charge on any atom is -0.375 e. The third-order valence-electron chi connectivity index (χ3n) is 14.8. The molecule has 4 saturated heterocycles. The number of nitrogens with zero attached hydrogens (tertiary/aromatic N) is 9. The molecule has 2 N–H and O–H groups in total. The summed E-state index contributed by atoms with van der Waals surface area (Å²) in [6.07, 6.45) is 11.1. The zero-order chi connectivity index (χ0) is 43.8. The van der Waals surface area contributed by atoms with Crippen LogP contribution in [0, 0.1) is 5.92 Å². The molecule has 2 aliphatic carbocycles. The van der Waals surface area contributed by atoms with Crippen molar-refractivity contribution in [2.45, 2.75) is 119 Å². The van der Waals surface area contributed by atoms with Gasteiger partial charge in [0.15, 0.2) is 11.3 Å². The highest BCUT2D eigenvalue weighted by molar-refractivity contribution is 6.08. The van der Waals surface area contributed by atoms with E-state index < -0.39 is 30.0 Å². The quantitative estimate of drug-likeness (QED) is 0.173. The van der Waals surface area contributed by atoms with Gasteiger partial charge in [-0.05, 0) is 93.7 Å². The van der Waals surface area contributed by atoms with Gasteiger partial charge in [-0.2, -0.15) is 10.2 Å². The van der Waals surface area contributed by atoms with Crippen LogP contribution in [0.25, 0.3) is 16.7 Å². The van der Waals surface area contributed by atoms with Gasteiger partial charge in [0.05, 0.1) is 59.9 Å². The number of carbonyl (C=O) groups is 3. The van der Waals surface area contributed by atoms with Gasteiger partial charge in [0.1, 0.15) is 17.4 Å². The van der Waals surface area contributed by atoms with E-state index in [-0.39, 0.29) is 65.6 Å². The zero-order valence-electron chi connectivity index (χ0n) is 35.8. The van der Waals surface area contributed by atoms with Crippen LogP contribution in [-0.4, -0.2) is 113 Å². The molecule has 4 aromatic heterocycles. The van der Waals surface area contributed by atoms with Crippen LogP contribution in [0.3, 0.4) is 0 Å². The molecular weight excluding hydrogens is 829 g/mol. The molecule has 8 heterocycles. The van der Waals surface area contributed by atoms with Crippen LogP contribution in [0.1, 0.15) is 117 Å². The van der Waals surface area contributed by atoms with E-state index in [0.717, 1.165) is 106 Å². The first-order chi connectivity index (χ1) is 31.0. The second-order valence-electron chi connectivity index (χ2n) is 18.8. The number of amides is 3. The van der Waals surface area contributed by atoms with Crippen molar-refractivity contribution >= 4 is 45.9 Å². The summed E-state index contributed by atoms with van der Waals surface area (Å²) in [5.41, 5.74) is 2.51. The van der Waals surface area contributed by atoms with Crippen LogP contribution in [-0.2, 0) is 26.1 Å². The fourth-order valence-electron chi connectivity index (χ4n) is 11.3. The minimum absolute atomic E-state index is 0.000166. The number of benzene rings is 1. The molecular formula is C45H53F2N11O6. The monoisotopic (exact) mass is 881 g/mol. The van der Waals surface area contributed by atoms with Crippen molar-refractivity contribution in [2.75, 3.05) is 43.0 Å². The SMILES string of the molecule is Cn1c(=O)n(C2CCC(=O)NC2=O)c2cccc([C@H]3C[C@H](OC4CCN(C[C@H]5CC[C@H](n6cc(NC(=O)c7cnn8ccc(N9C[C@H]%10C[C@@H]9CO%10)nc78)c(C(F)F)n6)CC5)CC4)C3)c21. The molecule has 6 aliphatic rings. The molecule has 6 fully saturated rings. The number of piperidine rings is 2. The number of aromatic nitrogens is 7. The maximum absolute atomic E-state index is 14.3. The van der Waals surface area contributed by atoms with Crippen molar-refractivity contribution < 1.29 is 32.6 Å². The summed E-state index contributed by atoms with van der Waals surface area (Å²) in [6.45, 7) is 4.31. The van der Waals surface area contributed by atoms with E-state index >= 15 is 0 Å². The van der Waals surface area contributed by atoms with Crippen molar-refractivity contribution in [3.05, 3.63) is 70.2 Å². The van der Waals surface area contributed by atoms with Gasteiger partial charge in [-0.15, -0.1) is 0 Å². The van der Waals surface area contributed by atoms with Gasteiger partial charge >= 0.3 is 5.69 Å². The summed E-state index contributed by atoms with van der Waals surface area (Å²) < 4.78 is 47.3. The third kappa shape index (κ3) is 7.47. The Bertz CT molecular complexity index is 2670. The first kappa shape index (κ1) is 41.2. The molecule has 1 aromatic carbocycles. The summed E-state index contributed by atoms with van der Waals surface area (Å²) in [7, 11) is 1.75. The second kappa shape index (κ2) is 16.5. The Hall–Kier alpha value is -5.53. The Morgan fingerprint density at radius 3 is 2.55 bits per heavy atom. The van der Waals surface area contributed by atoms with Gasteiger partial charge in [0, 0.05) is 52.0 Å². The number of nitrogens with one attached hydrogen (secondary N) is 2. The number of aryl methyl sites for hydroxylation is 1. The molecule has 64 heavy (non-hydrogen) atoms. The number of fused-ring (bicyclic) bond motifs is 4. The number of hydrogen-bond donors (Lipinski definition) is 2. The molecule has 3 amide bonds. The summed E-state index contributed by atoms with van der Waals surface area (Å²) >= 11 is 0. The Morgan fingerprint density at radius 1 is 1.00 bits per heavy atom. The molecule has 3 atom stereocenters. The van der Waals surface area contributed by atoms with E-state index in [1.54, 1.807) is 33.3 Å². The highest BCUT2D eigenvalue weighted by Crippen LogP contribution is 2.43. The number of imide groups is 1. The first-order valence-corrected chi connectivity index (χ1v) is 22.9. The molecule has 11 rings (SSSR count). The Labute approximate surface area is 367 Å². The normalized spacial score (nSPS) is 27.8. The molecule has 0 radical (unpaired) electrons. The smallest absolute Gasteiger partial charge is 0.329 e. The summed E-state index contributed by atoms with van der Waals surface area (Å²) in [5, 5.41) is 13.7. The van der Waals surface area contributed by atoms with Crippen LogP contribution in [0.4, 0.5) is 20.3 Å². The molecule has 19 heteroatoms. The van der Waals surface area contributed by atoms with Gasteiger partial charge in [-0.1, -0.05) is 12.1 Å². The van der Waals surface area contributed by atoms with Gasteiger partial charge < -0.3 is 24.6 Å². The maximum Gasteiger partial charge on any atom is 0.329 e. The third-order valence-corrected chi connectivity index (χ3v) is 14.8. The zero-order valence-corrected chi connectivity index (χ0v) is 35.8. The number of halogens is 2. The van der Waals surface area contributed by atoms with Gasteiger partial charge in [0.25, 0.3) is 12.3 Å². The number of ether oxygens (including phenoxy) is 2. The molecule has 2 bridgehead atoms. The average molecular weight is 882 g/mol. The molecule has 2 saturated carbocycles. The second-order valence-corrected chi connectivity index (χ2v) is 18.8. The lowest BCUT2D eigenvalue weighted by Crippen LogP contribution is -2.44. The number of hydrogen-bond acceptors (Lipinski definition) is 11. The number of alkyl halides is 2. The average Bonchev–Trinajstić information content (AvgIpc) is 4.13. The predicted octanol–water partition coefficient (Wildman–Crippen LogP) is 4.88. The van der Waals surface area contributed by atoms with Crippen LogP contribution in [0.15, 0.2) is 47.7 Å². The number of anilines is 2. The van der Waals surface area contributed by atoms with E-state index in [1.807, 2.05) is 18.2 Å². The van der Waals surface area contributed by atoms with E-state index in [0.29, 0.717) is 24.6 Å². The number of carbonyl (C=O) groups excluding carboxylic acids is 3. The van der Waals surface area contributed by atoms with Crippen molar-refractivity contribution in [1.82, 2.24) is 43.7 Å². The lowest BCUT2D eigenvalue weighted by Gasteiger charge is -2.41. The van der Waals surface area contributed by atoms with Crippen LogP contribution in [0.5, 0.6) is 0 Å². The highest BCUT2D eigenvalue weighted by atomic mass is 19.3. The standard InChI is InChI=1S/C45H53F2N11O6/c1-53-40-32(3-2-4-35(40)58(45(53)62)36-9-10-38(59)51-44(36)61)26-17-30(18-26)64-29-11-14-54(15-12-29)21-25-5-7-27(8-6-25)57-23-34(39(52-57)41(46)47)49-43(60)33-20-48-56-16-13-37(50-42(33)56)55-22-31-19-28(55)24-63-31/h2-4,13,16,20,23,25-31,36,41H,5-12,14-15,17-19,21-22,24H2,1H3,(H,49,60)(H,51,59,61)/t25-,26-,27-,28-,30-,31-,36?/m1/s1. The lowest BCUT2D eigenvalue weighted by atomic mass is 9.76. The van der Waals surface area contributed by atoms with Gasteiger partial charge in [0.2, 0.25) is 11.8 Å². The summed E-state index contributed by atoms with van der Waals surface area (Å²) in [6, 6.07) is 7.27. The van der Waals surface area contributed by atoms with Crippen molar-refractivity contribution in [3.8, 4) is 0 Å². The fourth-order valence-corrected chi connectivity index (χ4v) is 11.3. The topological polar surface area (TPSA) is 175 Å². The first-order valence-electron chi connectivity index (χ1n) is 22.9. The summed E-state index contributed by atoms with van der Waals surface area (Å²) in [5.74, 6) is 0.186. The number of morpholine rings is 1. The fraction of sp³-hybridized carbons (Fsp3) is 0.578. The lowest BCUT2D eigenvalue weighted by molar-refractivity contribution is -0.135. The molecule has 0 spiro atoms. The molecule has 5 aromatic rings. The number of para-hydroxylation sites is 1. The van der Waals surface area contributed by atoms with E-state index in [2.05, 4.69) is 36.7 Å². The highest BCUT2D eigenvalue weighted by Gasteiger charge is 2.41. The predicted molar refractivity (Wildman–Crippen MR) is 230 cm³/mol. The largest absolute Gasteiger partial charge is 0.375 e. The molecule has 1 unspecified atom stereocenters. The van der Waals surface area contributed by atoms with Crippen molar-refractivity contribution in [1.29, 1.82) is 0 Å². The summed E-state index contributed by atoms with van der Waals surface area (Å²) in [4.78, 5) is 60.9. The molecule has 338 valence electrons. The maximum atomic E-state index is 14.3. The Balaban J connectivity index is 0.652. The van der Waals surface area contributed by atoms with E-state index in [1.165, 1.54) is 10.7 Å². The van der Waals surface area contributed by atoms with Crippen LogP contribution in [0.2, 0.25) is 0 Å². The van der Waals surface area contributed by atoms with Gasteiger partial charge in [-0.3, -0.25) is 33.5 Å². The Morgan fingerprint density at radius 2 is 1.81 bits per heavy atom. The van der Waals surface area contributed by atoms with Crippen LogP contribution >= 0.6 is 0 Å². The van der Waals surface area contributed by atoms with Crippen molar-refractivity contribution in [3.63, 3.8) is 0 Å². The van der Waals surface area contributed by atoms with Crippen LogP contribution < -0.4 is 21.2 Å². The minimum atomic E-state index is -2.86. The van der Waals surface area contributed by atoms with Crippen molar-refractivity contribution in [2.24, 2.45) is 13.0 Å². The van der Waals surface area contributed by atoms with E-state index in [4.69, 9.17) is 14.5 Å². The van der Waals surface area contributed by atoms with E-state index in [9.17, 15) is 28.0 Å². The number of likely N-dealkylation sites (tertiary alicyclic amines) is 1. The number of rotatable bonds is 11. The molecule has 17 nitrogen and oxygen atoms in total. The van der Waals surface area contributed by atoms with Gasteiger partial charge in [-0.25, -0.2) is 23.1 Å². The molecule has 4 aliphatic heterocycles.